The van der Waals surface area contributed by atoms with Crippen molar-refractivity contribution in [2.75, 3.05) is 11.3 Å². The molecule has 0 spiro atoms. The van der Waals surface area contributed by atoms with Crippen LogP contribution in [-0.4, -0.2) is 31.2 Å². The number of hydrogen-bond donors (Lipinski definition) is 1. The number of carbonyl (C=O) groups excluding carboxylic acids is 1. The first-order chi connectivity index (χ1) is 16.9. The van der Waals surface area contributed by atoms with E-state index in [0.717, 1.165) is 5.56 Å². The number of nitrogens with one attached hydrogen (secondary N) is 1. The van der Waals surface area contributed by atoms with Gasteiger partial charge in [0.05, 0.1) is 22.8 Å². The van der Waals surface area contributed by atoms with E-state index >= 15 is 0 Å². The molecule has 0 bridgehead atoms. The SMILES string of the molecule is CCOc1ccc(S(=O)(=O)Nc2ccccc2C(=O)OC(C)c2nnc(-c3ccccc3)o2)cc1. The molecule has 10 heteroatoms. The second-order valence-corrected chi connectivity index (χ2v) is 9.10. The van der Waals surface area contributed by atoms with Gasteiger partial charge in [-0.15, -0.1) is 10.2 Å². The number of para-hydroxylation sites is 1. The lowest BCUT2D eigenvalue weighted by Gasteiger charge is -2.14. The van der Waals surface area contributed by atoms with Crippen molar-refractivity contribution < 1.29 is 27.1 Å². The number of nitrogens with zero attached hydrogens (tertiary/aromatic N) is 2. The highest BCUT2D eigenvalue weighted by Gasteiger charge is 2.23. The van der Waals surface area contributed by atoms with E-state index in [0.29, 0.717) is 18.2 Å². The molecule has 4 aromatic rings. The zero-order valence-corrected chi connectivity index (χ0v) is 19.9. The third-order valence-corrected chi connectivity index (χ3v) is 6.31. The Labute approximate surface area is 202 Å². The zero-order chi connectivity index (χ0) is 24.8. The molecule has 0 aliphatic heterocycles. The molecule has 0 aliphatic carbocycles. The van der Waals surface area contributed by atoms with E-state index in [2.05, 4.69) is 14.9 Å². The second-order valence-electron chi connectivity index (χ2n) is 7.41. The molecule has 0 fully saturated rings. The van der Waals surface area contributed by atoms with Gasteiger partial charge >= 0.3 is 5.97 Å². The van der Waals surface area contributed by atoms with Crippen molar-refractivity contribution in [1.82, 2.24) is 10.2 Å². The monoisotopic (exact) mass is 493 g/mol. The summed E-state index contributed by atoms with van der Waals surface area (Å²) >= 11 is 0. The first-order valence-corrected chi connectivity index (χ1v) is 12.3. The average molecular weight is 494 g/mol. The van der Waals surface area contributed by atoms with Crippen LogP contribution in [0.5, 0.6) is 5.75 Å². The third-order valence-electron chi connectivity index (χ3n) is 4.93. The van der Waals surface area contributed by atoms with E-state index in [1.165, 1.54) is 24.3 Å². The van der Waals surface area contributed by atoms with Gasteiger partial charge in [0.15, 0.2) is 6.10 Å². The van der Waals surface area contributed by atoms with Crippen molar-refractivity contribution in [3.05, 3.63) is 90.3 Å². The Kier molecular flexibility index (Phi) is 7.11. The molecular weight excluding hydrogens is 470 g/mol. The smallest absolute Gasteiger partial charge is 0.341 e. The van der Waals surface area contributed by atoms with Gasteiger partial charge in [-0.1, -0.05) is 30.3 Å². The highest BCUT2D eigenvalue weighted by atomic mass is 32.2. The van der Waals surface area contributed by atoms with Crippen molar-refractivity contribution in [1.29, 1.82) is 0 Å². The Hall–Kier alpha value is -4.18. The number of sulfonamides is 1. The van der Waals surface area contributed by atoms with Crippen molar-refractivity contribution in [3.63, 3.8) is 0 Å². The quantitative estimate of drug-likeness (QED) is 0.328. The van der Waals surface area contributed by atoms with Crippen LogP contribution in [-0.2, 0) is 14.8 Å². The Morgan fingerprint density at radius 2 is 1.66 bits per heavy atom. The van der Waals surface area contributed by atoms with Gasteiger partial charge in [-0.25, -0.2) is 13.2 Å². The molecule has 1 unspecified atom stereocenters. The molecule has 3 aromatic carbocycles. The Balaban J connectivity index is 1.49. The third kappa shape index (κ3) is 5.67. The van der Waals surface area contributed by atoms with Gasteiger partial charge in [0.2, 0.25) is 5.89 Å². The van der Waals surface area contributed by atoms with E-state index in [1.807, 2.05) is 37.3 Å². The Morgan fingerprint density at radius 3 is 2.37 bits per heavy atom. The fourth-order valence-corrected chi connectivity index (χ4v) is 4.29. The summed E-state index contributed by atoms with van der Waals surface area (Å²) in [7, 11) is -3.96. The van der Waals surface area contributed by atoms with Gasteiger partial charge in [0, 0.05) is 5.56 Å². The van der Waals surface area contributed by atoms with Gasteiger partial charge in [-0.2, -0.15) is 0 Å². The normalized spacial score (nSPS) is 12.1. The molecule has 0 radical (unpaired) electrons. The lowest BCUT2D eigenvalue weighted by atomic mass is 10.2. The van der Waals surface area contributed by atoms with Crippen molar-refractivity contribution in [2.45, 2.75) is 24.8 Å². The number of ether oxygens (including phenoxy) is 2. The molecule has 1 N–H and O–H groups in total. The number of carbonyl (C=O) groups is 1. The fraction of sp³-hybridized carbons (Fsp3) is 0.160. The minimum absolute atomic E-state index is 0.0248. The average Bonchev–Trinajstić information content (AvgIpc) is 3.36. The van der Waals surface area contributed by atoms with E-state index in [9.17, 15) is 13.2 Å². The van der Waals surface area contributed by atoms with Crippen LogP contribution in [0.1, 0.15) is 36.2 Å². The topological polar surface area (TPSA) is 121 Å². The lowest BCUT2D eigenvalue weighted by molar-refractivity contribution is 0.0281. The minimum atomic E-state index is -3.96. The number of hydrogen-bond acceptors (Lipinski definition) is 8. The molecular formula is C25H23N3O6S. The van der Waals surface area contributed by atoms with Crippen LogP contribution in [0.15, 0.2) is 88.2 Å². The maximum absolute atomic E-state index is 12.9. The van der Waals surface area contributed by atoms with Gasteiger partial charge < -0.3 is 13.9 Å². The molecule has 4 rings (SSSR count). The Bertz CT molecular complexity index is 1400. The van der Waals surface area contributed by atoms with Gasteiger partial charge in [0.25, 0.3) is 15.9 Å². The van der Waals surface area contributed by atoms with Gasteiger partial charge in [-0.05, 0) is 62.4 Å². The second kappa shape index (κ2) is 10.4. The van der Waals surface area contributed by atoms with Crippen LogP contribution < -0.4 is 9.46 Å². The maximum Gasteiger partial charge on any atom is 0.341 e. The molecule has 1 aromatic heterocycles. The van der Waals surface area contributed by atoms with Crippen LogP contribution in [0.3, 0.4) is 0 Å². The lowest BCUT2D eigenvalue weighted by Crippen LogP contribution is -2.17. The van der Waals surface area contributed by atoms with Crippen molar-refractivity contribution in [3.8, 4) is 17.2 Å². The summed E-state index contributed by atoms with van der Waals surface area (Å²) in [6.07, 6.45) is -0.858. The molecule has 1 atom stereocenters. The molecule has 1 heterocycles. The summed E-state index contributed by atoms with van der Waals surface area (Å²) in [5, 5.41) is 7.96. The van der Waals surface area contributed by atoms with E-state index in [1.54, 1.807) is 31.2 Å². The Morgan fingerprint density at radius 1 is 0.971 bits per heavy atom. The first kappa shape index (κ1) is 24.0. The number of anilines is 1. The summed E-state index contributed by atoms with van der Waals surface area (Å²) in [5.74, 6) is 0.222. The summed E-state index contributed by atoms with van der Waals surface area (Å²) in [6.45, 7) is 3.89. The van der Waals surface area contributed by atoms with Crippen LogP contribution >= 0.6 is 0 Å². The maximum atomic E-state index is 12.9. The van der Waals surface area contributed by atoms with E-state index in [4.69, 9.17) is 13.9 Å². The van der Waals surface area contributed by atoms with Crippen LogP contribution in [0.25, 0.3) is 11.5 Å². The molecule has 180 valence electrons. The summed E-state index contributed by atoms with van der Waals surface area (Å²) in [6, 6.07) is 21.3. The highest BCUT2D eigenvalue weighted by Crippen LogP contribution is 2.26. The zero-order valence-electron chi connectivity index (χ0n) is 19.0. The number of rotatable bonds is 9. The van der Waals surface area contributed by atoms with Crippen LogP contribution in [0.4, 0.5) is 5.69 Å². The standard InChI is InChI=1S/C25H23N3O6S/c1-3-32-19-13-15-20(16-14-19)35(30,31)28-22-12-8-7-11-21(22)25(29)33-17(2)23-26-27-24(34-23)18-9-5-4-6-10-18/h4-17,28H,3H2,1-2H3. The molecule has 0 aliphatic rings. The predicted molar refractivity (Wildman–Crippen MR) is 128 cm³/mol. The summed E-state index contributed by atoms with van der Waals surface area (Å²) in [5.41, 5.74) is 0.851. The van der Waals surface area contributed by atoms with Crippen molar-refractivity contribution in [2.24, 2.45) is 0 Å². The van der Waals surface area contributed by atoms with Gasteiger partial charge in [0.1, 0.15) is 5.75 Å². The van der Waals surface area contributed by atoms with E-state index in [-0.39, 0.29) is 22.0 Å². The van der Waals surface area contributed by atoms with Crippen molar-refractivity contribution >= 4 is 21.7 Å². The largest absolute Gasteiger partial charge is 0.494 e. The van der Waals surface area contributed by atoms with Gasteiger partial charge in [-0.3, -0.25) is 4.72 Å². The summed E-state index contributed by atoms with van der Waals surface area (Å²) < 4.78 is 44.7. The molecule has 0 saturated heterocycles. The van der Waals surface area contributed by atoms with Crippen LogP contribution in [0.2, 0.25) is 0 Å². The predicted octanol–water partition coefficient (Wildman–Crippen LogP) is 4.85. The molecule has 0 saturated carbocycles. The molecule has 9 nitrogen and oxygen atoms in total. The number of benzene rings is 3. The minimum Gasteiger partial charge on any atom is -0.494 e. The fourth-order valence-electron chi connectivity index (χ4n) is 3.21. The number of aromatic nitrogens is 2. The number of esters is 1. The van der Waals surface area contributed by atoms with Crippen LogP contribution in [0, 0.1) is 0 Å². The highest BCUT2D eigenvalue weighted by molar-refractivity contribution is 7.92. The molecule has 0 amide bonds. The molecule has 35 heavy (non-hydrogen) atoms. The first-order valence-electron chi connectivity index (χ1n) is 10.8. The van der Waals surface area contributed by atoms with E-state index < -0.39 is 22.1 Å². The summed E-state index contributed by atoms with van der Waals surface area (Å²) in [4.78, 5) is 12.9.